The van der Waals surface area contributed by atoms with Crippen LogP contribution in [0.1, 0.15) is 26.7 Å². The maximum absolute atomic E-state index is 11.3. The summed E-state index contributed by atoms with van der Waals surface area (Å²) in [5, 5.41) is 14.9. The smallest absolute Gasteiger partial charge is 0.313 e. The highest BCUT2D eigenvalue weighted by Gasteiger charge is 2.26. The lowest BCUT2D eigenvalue weighted by molar-refractivity contribution is -0.384. The zero-order chi connectivity index (χ0) is 15.4. The van der Waals surface area contributed by atoms with Gasteiger partial charge in [-0.2, -0.15) is 0 Å². The van der Waals surface area contributed by atoms with Gasteiger partial charge in [-0.1, -0.05) is 11.6 Å². The molecule has 0 aliphatic carbocycles. The van der Waals surface area contributed by atoms with Crippen molar-refractivity contribution in [2.75, 3.05) is 24.5 Å². The molecule has 0 unspecified atom stereocenters. The van der Waals surface area contributed by atoms with Gasteiger partial charge in [0.05, 0.1) is 9.95 Å². The Balaban J connectivity index is 2.27. The van der Waals surface area contributed by atoms with Crippen LogP contribution in [-0.2, 0) is 0 Å². The van der Waals surface area contributed by atoms with Gasteiger partial charge in [0.25, 0.3) is 0 Å². The van der Waals surface area contributed by atoms with Crippen molar-refractivity contribution in [2.45, 2.75) is 32.7 Å². The first-order chi connectivity index (χ1) is 9.99. The molecule has 1 aliphatic heterocycles. The predicted octanol–water partition coefficient (Wildman–Crippen LogP) is 2.86. The van der Waals surface area contributed by atoms with Crippen LogP contribution in [0, 0.1) is 16.0 Å². The molecule has 1 N–H and O–H groups in total. The molecule has 116 valence electrons. The van der Waals surface area contributed by atoms with Gasteiger partial charge in [-0.3, -0.25) is 10.1 Å². The zero-order valence-corrected chi connectivity index (χ0v) is 13.1. The standard InChI is InChI=1S/C14H21ClN4O2/c1-10(2)18(9-11-3-5-16-6-4-11)14-13(19(20)21)7-12(15)8-17-14/h7-8,10-11,16H,3-6,9H2,1-2H3. The van der Waals surface area contributed by atoms with Gasteiger partial charge < -0.3 is 10.2 Å². The Morgan fingerprint density at radius 1 is 1.52 bits per heavy atom. The quantitative estimate of drug-likeness (QED) is 0.668. The molecule has 0 aromatic carbocycles. The Bertz CT molecular complexity index is 504. The molecule has 21 heavy (non-hydrogen) atoms. The van der Waals surface area contributed by atoms with Crippen LogP contribution in [-0.4, -0.2) is 35.6 Å². The number of piperidine rings is 1. The van der Waals surface area contributed by atoms with E-state index in [1.165, 1.54) is 12.3 Å². The average Bonchev–Trinajstić information content (AvgIpc) is 2.46. The predicted molar refractivity (Wildman–Crippen MR) is 84.0 cm³/mol. The number of aromatic nitrogens is 1. The molecule has 2 rings (SSSR count). The van der Waals surface area contributed by atoms with Crippen LogP contribution in [0.4, 0.5) is 11.5 Å². The van der Waals surface area contributed by atoms with E-state index in [1.807, 2.05) is 18.7 Å². The van der Waals surface area contributed by atoms with Crippen molar-refractivity contribution in [3.8, 4) is 0 Å². The van der Waals surface area contributed by atoms with Crippen LogP contribution in [0.2, 0.25) is 5.02 Å². The molecule has 0 atom stereocenters. The summed E-state index contributed by atoms with van der Waals surface area (Å²) < 4.78 is 0. The van der Waals surface area contributed by atoms with E-state index in [-0.39, 0.29) is 16.8 Å². The van der Waals surface area contributed by atoms with Crippen molar-refractivity contribution < 1.29 is 4.92 Å². The zero-order valence-electron chi connectivity index (χ0n) is 12.4. The summed E-state index contributed by atoms with van der Waals surface area (Å²) >= 11 is 5.84. The van der Waals surface area contributed by atoms with E-state index < -0.39 is 4.92 Å². The molecule has 0 bridgehead atoms. The highest BCUT2D eigenvalue weighted by Crippen LogP contribution is 2.31. The molecule has 0 amide bonds. The summed E-state index contributed by atoms with van der Waals surface area (Å²) in [5.74, 6) is 0.948. The van der Waals surface area contributed by atoms with Gasteiger partial charge >= 0.3 is 5.69 Å². The Morgan fingerprint density at radius 2 is 2.19 bits per heavy atom. The van der Waals surface area contributed by atoms with Crippen LogP contribution in [0.25, 0.3) is 0 Å². The minimum Gasteiger partial charge on any atom is -0.348 e. The van der Waals surface area contributed by atoms with Crippen molar-refractivity contribution in [3.63, 3.8) is 0 Å². The SMILES string of the molecule is CC(C)N(CC1CCNCC1)c1ncc(Cl)cc1[N+](=O)[O-]. The van der Waals surface area contributed by atoms with Gasteiger partial charge in [-0.15, -0.1) is 0 Å². The van der Waals surface area contributed by atoms with Gasteiger partial charge in [-0.25, -0.2) is 4.98 Å². The van der Waals surface area contributed by atoms with Crippen molar-refractivity contribution in [2.24, 2.45) is 5.92 Å². The summed E-state index contributed by atoms with van der Waals surface area (Å²) in [6.07, 6.45) is 3.65. The molecule has 7 heteroatoms. The van der Waals surface area contributed by atoms with E-state index in [2.05, 4.69) is 10.3 Å². The number of anilines is 1. The van der Waals surface area contributed by atoms with Gasteiger partial charge in [0.2, 0.25) is 5.82 Å². The molecule has 1 fully saturated rings. The van der Waals surface area contributed by atoms with E-state index in [1.54, 1.807) is 0 Å². The van der Waals surface area contributed by atoms with E-state index in [4.69, 9.17) is 11.6 Å². The fourth-order valence-electron chi connectivity index (χ4n) is 2.66. The molecule has 2 heterocycles. The van der Waals surface area contributed by atoms with Crippen LogP contribution in [0.15, 0.2) is 12.3 Å². The second-order valence-corrected chi connectivity index (χ2v) is 6.13. The number of nitro groups is 1. The molecular formula is C14H21ClN4O2. The fourth-order valence-corrected chi connectivity index (χ4v) is 2.81. The number of hydrogen-bond acceptors (Lipinski definition) is 5. The topological polar surface area (TPSA) is 71.3 Å². The lowest BCUT2D eigenvalue weighted by Crippen LogP contribution is -2.40. The molecule has 1 aromatic rings. The van der Waals surface area contributed by atoms with Crippen molar-refractivity contribution in [3.05, 3.63) is 27.4 Å². The normalized spacial score (nSPS) is 16.2. The fraction of sp³-hybridized carbons (Fsp3) is 0.643. The molecular weight excluding hydrogens is 292 g/mol. The van der Waals surface area contributed by atoms with Crippen LogP contribution >= 0.6 is 11.6 Å². The minimum atomic E-state index is -0.411. The molecule has 0 radical (unpaired) electrons. The van der Waals surface area contributed by atoms with Crippen LogP contribution in [0.5, 0.6) is 0 Å². The van der Waals surface area contributed by atoms with E-state index in [9.17, 15) is 10.1 Å². The molecule has 0 saturated carbocycles. The number of rotatable bonds is 5. The number of halogens is 1. The first-order valence-corrected chi connectivity index (χ1v) is 7.64. The summed E-state index contributed by atoms with van der Waals surface area (Å²) in [6.45, 7) is 6.86. The second kappa shape index (κ2) is 7.04. The highest BCUT2D eigenvalue weighted by atomic mass is 35.5. The maximum Gasteiger partial charge on any atom is 0.313 e. The number of pyridine rings is 1. The molecule has 1 aromatic heterocycles. The first kappa shape index (κ1) is 16.0. The molecule has 1 saturated heterocycles. The van der Waals surface area contributed by atoms with Crippen molar-refractivity contribution in [1.82, 2.24) is 10.3 Å². The summed E-state index contributed by atoms with van der Waals surface area (Å²) in [7, 11) is 0. The number of hydrogen-bond donors (Lipinski definition) is 1. The van der Waals surface area contributed by atoms with Gasteiger partial charge in [0.15, 0.2) is 0 Å². The Kier molecular flexibility index (Phi) is 5.36. The summed E-state index contributed by atoms with van der Waals surface area (Å²) in [6, 6.07) is 1.52. The molecule has 0 spiro atoms. The van der Waals surface area contributed by atoms with E-state index in [0.29, 0.717) is 11.7 Å². The van der Waals surface area contributed by atoms with E-state index in [0.717, 1.165) is 32.5 Å². The van der Waals surface area contributed by atoms with Gasteiger partial charge in [-0.05, 0) is 45.7 Å². The van der Waals surface area contributed by atoms with Crippen LogP contribution in [0.3, 0.4) is 0 Å². The number of nitrogens with zero attached hydrogens (tertiary/aromatic N) is 3. The highest BCUT2D eigenvalue weighted by molar-refractivity contribution is 6.30. The Hall–Kier alpha value is -1.40. The molecule has 1 aliphatic rings. The third-order valence-corrected chi connectivity index (χ3v) is 4.03. The largest absolute Gasteiger partial charge is 0.348 e. The minimum absolute atomic E-state index is 0.0230. The number of nitrogens with one attached hydrogen (secondary N) is 1. The lowest BCUT2D eigenvalue weighted by Gasteiger charge is -2.33. The Labute approximate surface area is 129 Å². The summed E-state index contributed by atoms with van der Waals surface area (Å²) in [4.78, 5) is 17.1. The van der Waals surface area contributed by atoms with E-state index >= 15 is 0 Å². The van der Waals surface area contributed by atoms with Gasteiger partial charge in [0.1, 0.15) is 0 Å². The third-order valence-electron chi connectivity index (χ3n) is 3.82. The van der Waals surface area contributed by atoms with Gasteiger partial charge in [0, 0.05) is 24.8 Å². The molecule has 6 nitrogen and oxygen atoms in total. The maximum atomic E-state index is 11.3. The first-order valence-electron chi connectivity index (χ1n) is 7.26. The summed E-state index contributed by atoms with van der Waals surface area (Å²) in [5.41, 5.74) is -0.0230. The third kappa shape index (κ3) is 4.04. The van der Waals surface area contributed by atoms with Crippen molar-refractivity contribution >= 4 is 23.1 Å². The second-order valence-electron chi connectivity index (χ2n) is 5.69. The monoisotopic (exact) mass is 312 g/mol. The van der Waals surface area contributed by atoms with Crippen molar-refractivity contribution in [1.29, 1.82) is 0 Å². The lowest BCUT2D eigenvalue weighted by atomic mass is 9.97. The average molecular weight is 313 g/mol. The Morgan fingerprint density at radius 3 is 2.76 bits per heavy atom. The van der Waals surface area contributed by atoms with Crippen LogP contribution < -0.4 is 10.2 Å².